The Morgan fingerprint density at radius 3 is 2.75 bits per heavy atom. The van der Waals surface area contributed by atoms with Crippen molar-refractivity contribution in [1.82, 2.24) is 4.98 Å². The summed E-state index contributed by atoms with van der Waals surface area (Å²) < 4.78 is 0.410. The van der Waals surface area contributed by atoms with Crippen molar-refractivity contribution in [3.8, 4) is 0 Å². The van der Waals surface area contributed by atoms with Crippen LogP contribution in [0.3, 0.4) is 0 Å². The Bertz CT molecular complexity index is 637. The molecule has 2 rings (SSSR count). The van der Waals surface area contributed by atoms with Crippen molar-refractivity contribution in [2.24, 2.45) is 0 Å². The fourth-order valence-electron chi connectivity index (χ4n) is 1.55. The molecule has 0 spiro atoms. The minimum atomic E-state index is -1.77. The maximum atomic E-state index is 10.8. The van der Waals surface area contributed by atoms with Crippen LogP contribution in [0.2, 0.25) is 4.47 Å². The minimum Gasteiger partial charge on any atom is -0.423 e. The second kappa shape index (κ2) is 6.18. The molecule has 0 saturated carbocycles. The van der Waals surface area contributed by atoms with Gasteiger partial charge in [-0.15, -0.1) is 11.3 Å². The Labute approximate surface area is 123 Å². The molecule has 0 unspecified atom stereocenters. The summed E-state index contributed by atoms with van der Waals surface area (Å²) in [6.45, 7) is 0.381. The third-order valence-corrected chi connectivity index (χ3v) is 3.56. The maximum Gasteiger partial charge on any atom is 0.488 e. The van der Waals surface area contributed by atoms with E-state index in [-0.39, 0.29) is 11.2 Å². The highest BCUT2D eigenvalue weighted by molar-refractivity contribution is 7.15. The fourth-order valence-corrected chi connectivity index (χ4v) is 2.46. The lowest BCUT2D eigenvalue weighted by Gasteiger charge is -2.07. The smallest absolute Gasteiger partial charge is 0.423 e. The summed E-state index contributed by atoms with van der Waals surface area (Å²) in [6, 6.07) is 3.86. The lowest BCUT2D eigenvalue weighted by molar-refractivity contribution is -0.384. The molecule has 10 heteroatoms. The number of nitro benzene ring substituents is 1. The lowest BCUT2D eigenvalue weighted by Crippen LogP contribution is -2.30. The Balaban J connectivity index is 2.19. The number of hydrogen-bond acceptors (Lipinski definition) is 7. The summed E-state index contributed by atoms with van der Waals surface area (Å²) >= 11 is 6.99. The first-order valence-corrected chi connectivity index (χ1v) is 6.65. The van der Waals surface area contributed by atoms with Crippen LogP contribution in [0.25, 0.3) is 0 Å². The van der Waals surface area contributed by atoms with Crippen molar-refractivity contribution in [3.63, 3.8) is 0 Å². The highest BCUT2D eigenvalue weighted by atomic mass is 35.5. The van der Waals surface area contributed by atoms with E-state index in [1.54, 1.807) is 6.20 Å². The Morgan fingerprint density at radius 2 is 2.20 bits per heavy atom. The molecule has 0 aliphatic rings. The molecular formula is C10H9BClN3O4S. The highest BCUT2D eigenvalue weighted by Gasteiger charge is 2.17. The maximum absolute atomic E-state index is 10.8. The number of aromatic nitrogens is 1. The predicted octanol–water partition coefficient (Wildman–Crippen LogP) is 0.997. The molecule has 20 heavy (non-hydrogen) atoms. The van der Waals surface area contributed by atoms with Gasteiger partial charge in [0, 0.05) is 28.9 Å². The van der Waals surface area contributed by atoms with E-state index in [0.29, 0.717) is 16.7 Å². The number of nitrogens with one attached hydrogen (secondary N) is 1. The van der Waals surface area contributed by atoms with E-state index >= 15 is 0 Å². The van der Waals surface area contributed by atoms with Gasteiger partial charge in [-0.25, -0.2) is 4.98 Å². The van der Waals surface area contributed by atoms with Crippen molar-refractivity contribution in [2.75, 3.05) is 5.32 Å². The average Bonchev–Trinajstić information content (AvgIpc) is 2.81. The summed E-state index contributed by atoms with van der Waals surface area (Å²) in [4.78, 5) is 14.9. The van der Waals surface area contributed by atoms with Crippen molar-refractivity contribution in [1.29, 1.82) is 0 Å². The van der Waals surface area contributed by atoms with Crippen LogP contribution < -0.4 is 10.8 Å². The Hall–Kier alpha value is -1.68. The number of nitrogens with zero attached hydrogens (tertiary/aromatic N) is 2. The van der Waals surface area contributed by atoms with Crippen LogP contribution >= 0.6 is 22.9 Å². The SMILES string of the molecule is O=[N+]([O-])c1cc(NCc2cnc(Cl)s2)cc(B(O)O)c1. The molecule has 0 amide bonds. The number of anilines is 1. The van der Waals surface area contributed by atoms with Crippen molar-refractivity contribution >= 4 is 46.9 Å². The second-order valence-electron chi connectivity index (χ2n) is 3.88. The monoisotopic (exact) mass is 313 g/mol. The third-order valence-electron chi connectivity index (χ3n) is 2.44. The second-order valence-corrected chi connectivity index (χ2v) is 5.57. The zero-order valence-electron chi connectivity index (χ0n) is 9.99. The molecular weight excluding hydrogens is 304 g/mol. The summed E-state index contributed by atoms with van der Waals surface area (Å²) in [6.07, 6.45) is 1.60. The number of hydrogen-bond donors (Lipinski definition) is 3. The van der Waals surface area contributed by atoms with Gasteiger partial charge in [-0.2, -0.15) is 0 Å². The van der Waals surface area contributed by atoms with Crippen LogP contribution in [0.15, 0.2) is 24.4 Å². The molecule has 0 atom stereocenters. The zero-order valence-corrected chi connectivity index (χ0v) is 11.6. The van der Waals surface area contributed by atoms with Crippen molar-refractivity contribution < 1.29 is 15.0 Å². The number of thiazole rings is 1. The van der Waals surface area contributed by atoms with E-state index in [1.807, 2.05) is 0 Å². The molecule has 3 N–H and O–H groups in total. The first kappa shape index (κ1) is 14.7. The number of rotatable bonds is 5. The normalized spacial score (nSPS) is 10.3. The van der Waals surface area contributed by atoms with Crippen LogP contribution in [0.1, 0.15) is 4.88 Å². The van der Waals surface area contributed by atoms with Gasteiger partial charge < -0.3 is 15.4 Å². The van der Waals surface area contributed by atoms with Gasteiger partial charge in [0.1, 0.15) is 0 Å². The topological polar surface area (TPSA) is 109 Å². The van der Waals surface area contributed by atoms with Crippen LogP contribution in [-0.4, -0.2) is 27.1 Å². The Morgan fingerprint density at radius 1 is 1.45 bits per heavy atom. The Kier molecular flexibility index (Phi) is 4.55. The van der Waals surface area contributed by atoms with Gasteiger partial charge in [0.05, 0.1) is 11.5 Å². The lowest BCUT2D eigenvalue weighted by atomic mass is 9.80. The molecule has 0 aliphatic heterocycles. The summed E-state index contributed by atoms with van der Waals surface area (Å²) in [5, 5.41) is 32.0. The van der Waals surface area contributed by atoms with Crippen LogP contribution in [0, 0.1) is 10.1 Å². The standard InChI is InChI=1S/C10H9BClN3O4S/c12-10-14-5-9(20-10)4-13-7-1-6(11(16)17)2-8(3-7)15(18)19/h1-3,5,13,16-17H,4H2. The molecule has 0 bridgehead atoms. The summed E-state index contributed by atoms with van der Waals surface area (Å²) in [5.41, 5.74) is 0.233. The molecule has 0 aliphatic carbocycles. The van der Waals surface area contributed by atoms with Crippen LogP contribution in [0.4, 0.5) is 11.4 Å². The fraction of sp³-hybridized carbons (Fsp3) is 0.100. The van der Waals surface area contributed by atoms with E-state index in [1.165, 1.54) is 23.5 Å². The molecule has 1 heterocycles. The molecule has 104 valence electrons. The predicted molar refractivity (Wildman–Crippen MR) is 77.4 cm³/mol. The summed E-state index contributed by atoms with van der Waals surface area (Å²) in [5.74, 6) is 0. The van der Waals surface area contributed by atoms with E-state index in [0.717, 1.165) is 10.9 Å². The molecule has 1 aromatic heterocycles. The van der Waals surface area contributed by atoms with Crippen molar-refractivity contribution in [3.05, 3.63) is 43.9 Å². The number of nitro groups is 1. The first-order chi connectivity index (χ1) is 9.45. The quantitative estimate of drug-likeness (QED) is 0.431. The van der Waals surface area contributed by atoms with E-state index < -0.39 is 12.0 Å². The number of halogens is 1. The first-order valence-electron chi connectivity index (χ1n) is 5.45. The third kappa shape index (κ3) is 3.67. The van der Waals surface area contributed by atoms with Gasteiger partial charge in [-0.3, -0.25) is 10.1 Å². The molecule has 0 saturated heterocycles. The molecule has 0 fully saturated rings. The van der Waals surface area contributed by atoms with Gasteiger partial charge in [0.2, 0.25) is 0 Å². The number of non-ortho nitro benzene ring substituents is 1. The molecule has 2 aromatic rings. The zero-order chi connectivity index (χ0) is 14.7. The average molecular weight is 314 g/mol. The van der Waals surface area contributed by atoms with Gasteiger partial charge in [0.25, 0.3) is 5.69 Å². The van der Waals surface area contributed by atoms with Gasteiger partial charge in [0.15, 0.2) is 4.47 Å². The van der Waals surface area contributed by atoms with Gasteiger partial charge in [-0.05, 0) is 11.5 Å². The molecule has 0 radical (unpaired) electrons. The van der Waals surface area contributed by atoms with E-state index in [4.69, 9.17) is 21.6 Å². The van der Waals surface area contributed by atoms with Crippen molar-refractivity contribution in [2.45, 2.75) is 6.54 Å². The van der Waals surface area contributed by atoms with E-state index in [2.05, 4.69) is 10.3 Å². The van der Waals surface area contributed by atoms with Gasteiger partial charge >= 0.3 is 7.12 Å². The van der Waals surface area contributed by atoms with Crippen LogP contribution in [0.5, 0.6) is 0 Å². The molecule has 7 nitrogen and oxygen atoms in total. The highest BCUT2D eigenvalue weighted by Crippen LogP contribution is 2.20. The largest absolute Gasteiger partial charge is 0.488 e. The molecule has 1 aromatic carbocycles. The number of benzene rings is 1. The van der Waals surface area contributed by atoms with Gasteiger partial charge in [-0.1, -0.05) is 11.6 Å². The van der Waals surface area contributed by atoms with Crippen LogP contribution in [-0.2, 0) is 6.54 Å². The summed E-state index contributed by atoms with van der Waals surface area (Å²) in [7, 11) is -1.77. The minimum absolute atomic E-state index is 0.0454. The van der Waals surface area contributed by atoms with E-state index in [9.17, 15) is 10.1 Å².